The minimum absolute atomic E-state index is 0. The molecule has 1 saturated carbocycles. The lowest BCUT2D eigenvalue weighted by molar-refractivity contribution is 0.392. The fourth-order valence-electron chi connectivity index (χ4n) is 1.94. The van der Waals surface area contributed by atoms with Gasteiger partial charge in [0.05, 0.1) is 5.25 Å². The molecule has 1 saturated heterocycles. The maximum absolute atomic E-state index is 11.8. The summed E-state index contributed by atoms with van der Waals surface area (Å²) in [6, 6.07) is 0.0746. The summed E-state index contributed by atoms with van der Waals surface area (Å²) in [4.78, 5) is 0. The van der Waals surface area contributed by atoms with Crippen LogP contribution in [-0.2, 0) is 10.0 Å². The monoisotopic (exact) mass is 240 g/mol. The van der Waals surface area contributed by atoms with Gasteiger partial charge in [-0.2, -0.15) is 4.31 Å². The predicted molar refractivity (Wildman–Crippen MR) is 58.0 cm³/mol. The third-order valence-corrected chi connectivity index (χ3v) is 5.32. The van der Waals surface area contributed by atoms with E-state index in [1.807, 2.05) is 0 Å². The third kappa shape index (κ3) is 2.05. The molecule has 0 aromatic rings. The summed E-state index contributed by atoms with van der Waals surface area (Å²) in [5.74, 6) is 0. The Kier molecular flexibility index (Phi) is 3.80. The SMILES string of the molecule is Cl.NCC1CCCN1S(=O)(=O)C1CC1. The van der Waals surface area contributed by atoms with Gasteiger partial charge in [0.2, 0.25) is 10.0 Å². The second-order valence-corrected chi connectivity index (χ2v) is 6.05. The van der Waals surface area contributed by atoms with E-state index in [4.69, 9.17) is 5.73 Å². The van der Waals surface area contributed by atoms with Crippen molar-refractivity contribution in [2.24, 2.45) is 5.73 Å². The van der Waals surface area contributed by atoms with Crippen molar-refractivity contribution in [3.05, 3.63) is 0 Å². The minimum atomic E-state index is -2.97. The molecule has 14 heavy (non-hydrogen) atoms. The minimum Gasteiger partial charge on any atom is -0.329 e. The van der Waals surface area contributed by atoms with Crippen molar-refractivity contribution in [1.82, 2.24) is 4.31 Å². The second-order valence-electron chi connectivity index (χ2n) is 3.89. The van der Waals surface area contributed by atoms with Gasteiger partial charge in [-0.05, 0) is 25.7 Å². The summed E-state index contributed by atoms with van der Waals surface area (Å²) < 4.78 is 25.3. The summed E-state index contributed by atoms with van der Waals surface area (Å²) in [6.45, 7) is 1.15. The van der Waals surface area contributed by atoms with Crippen molar-refractivity contribution in [2.75, 3.05) is 13.1 Å². The summed E-state index contributed by atoms with van der Waals surface area (Å²) in [5, 5.41) is -0.0837. The van der Waals surface area contributed by atoms with Crippen LogP contribution in [0.5, 0.6) is 0 Å². The largest absolute Gasteiger partial charge is 0.329 e. The first kappa shape index (κ1) is 12.2. The average Bonchev–Trinajstić information content (AvgIpc) is 2.84. The maximum atomic E-state index is 11.8. The standard InChI is InChI=1S/C8H16N2O2S.ClH/c9-6-7-2-1-5-10(7)13(11,12)8-3-4-8;/h7-8H,1-6,9H2;1H. The van der Waals surface area contributed by atoms with E-state index in [1.54, 1.807) is 4.31 Å². The molecular formula is C8H17ClN2O2S. The first-order valence-electron chi connectivity index (χ1n) is 4.87. The molecule has 1 aliphatic carbocycles. The van der Waals surface area contributed by atoms with Crippen LogP contribution in [0.25, 0.3) is 0 Å². The van der Waals surface area contributed by atoms with E-state index < -0.39 is 10.0 Å². The van der Waals surface area contributed by atoms with Crippen LogP contribution < -0.4 is 5.73 Å². The van der Waals surface area contributed by atoms with Gasteiger partial charge in [-0.1, -0.05) is 0 Å². The van der Waals surface area contributed by atoms with Crippen molar-refractivity contribution < 1.29 is 8.42 Å². The fraction of sp³-hybridized carbons (Fsp3) is 1.00. The van der Waals surface area contributed by atoms with Crippen molar-refractivity contribution in [1.29, 1.82) is 0 Å². The highest BCUT2D eigenvalue weighted by atomic mass is 35.5. The van der Waals surface area contributed by atoms with E-state index in [-0.39, 0.29) is 23.7 Å². The van der Waals surface area contributed by atoms with E-state index in [2.05, 4.69) is 0 Å². The molecule has 2 aliphatic rings. The molecule has 1 aliphatic heterocycles. The Balaban J connectivity index is 0.000000980. The molecule has 2 N–H and O–H groups in total. The smallest absolute Gasteiger partial charge is 0.217 e. The molecule has 0 bridgehead atoms. The molecule has 1 unspecified atom stereocenters. The Hall–Kier alpha value is 0.160. The summed E-state index contributed by atoms with van der Waals surface area (Å²) in [5.41, 5.74) is 5.54. The number of sulfonamides is 1. The van der Waals surface area contributed by atoms with Crippen molar-refractivity contribution >= 4 is 22.4 Å². The lowest BCUT2D eigenvalue weighted by Gasteiger charge is -2.22. The Morgan fingerprint density at radius 2 is 1.93 bits per heavy atom. The number of nitrogens with zero attached hydrogens (tertiary/aromatic N) is 1. The van der Waals surface area contributed by atoms with Gasteiger partial charge in [0, 0.05) is 19.1 Å². The Morgan fingerprint density at radius 1 is 1.29 bits per heavy atom. The Labute approximate surface area is 91.3 Å². The highest BCUT2D eigenvalue weighted by Crippen LogP contribution is 2.34. The zero-order valence-corrected chi connectivity index (χ0v) is 9.69. The van der Waals surface area contributed by atoms with Gasteiger partial charge >= 0.3 is 0 Å². The Morgan fingerprint density at radius 3 is 2.43 bits per heavy atom. The van der Waals surface area contributed by atoms with Gasteiger partial charge in [0.1, 0.15) is 0 Å². The van der Waals surface area contributed by atoms with E-state index in [0.717, 1.165) is 25.7 Å². The van der Waals surface area contributed by atoms with Crippen LogP contribution in [-0.4, -0.2) is 37.1 Å². The van der Waals surface area contributed by atoms with Gasteiger partial charge in [0.15, 0.2) is 0 Å². The summed E-state index contributed by atoms with van der Waals surface area (Å²) in [7, 11) is -2.97. The van der Waals surface area contributed by atoms with E-state index in [9.17, 15) is 8.42 Å². The molecule has 0 radical (unpaired) electrons. The quantitative estimate of drug-likeness (QED) is 0.773. The maximum Gasteiger partial charge on any atom is 0.217 e. The van der Waals surface area contributed by atoms with Crippen LogP contribution in [0.4, 0.5) is 0 Å². The highest BCUT2D eigenvalue weighted by molar-refractivity contribution is 7.90. The summed E-state index contributed by atoms with van der Waals surface area (Å²) in [6.07, 6.45) is 3.59. The van der Waals surface area contributed by atoms with Crippen LogP contribution >= 0.6 is 12.4 Å². The first-order valence-corrected chi connectivity index (χ1v) is 6.37. The average molecular weight is 241 g/mol. The number of halogens is 1. The fourth-order valence-corrected chi connectivity index (χ4v) is 4.04. The topological polar surface area (TPSA) is 63.4 Å². The van der Waals surface area contributed by atoms with E-state index in [1.165, 1.54) is 0 Å². The number of hydrogen-bond donors (Lipinski definition) is 1. The van der Waals surface area contributed by atoms with E-state index >= 15 is 0 Å². The van der Waals surface area contributed by atoms with Gasteiger partial charge in [-0.15, -0.1) is 12.4 Å². The molecule has 0 spiro atoms. The molecule has 2 fully saturated rings. The number of nitrogens with two attached hydrogens (primary N) is 1. The lowest BCUT2D eigenvalue weighted by atomic mass is 10.2. The van der Waals surface area contributed by atoms with Crippen LogP contribution in [0, 0.1) is 0 Å². The van der Waals surface area contributed by atoms with E-state index in [0.29, 0.717) is 13.1 Å². The number of hydrogen-bond acceptors (Lipinski definition) is 3. The van der Waals surface area contributed by atoms with Gasteiger partial charge < -0.3 is 5.73 Å². The van der Waals surface area contributed by atoms with Crippen molar-refractivity contribution in [3.8, 4) is 0 Å². The third-order valence-electron chi connectivity index (χ3n) is 2.87. The van der Waals surface area contributed by atoms with Crippen molar-refractivity contribution in [2.45, 2.75) is 37.0 Å². The molecule has 0 amide bonds. The molecule has 1 atom stereocenters. The van der Waals surface area contributed by atoms with Crippen molar-refractivity contribution in [3.63, 3.8) is 0 Å². The zero-order chi connectivity index (χ0) is 9.47. The van der Waals surface area contributed by atoms with Crippen LogP contribution in [0.3, 0.4) is 0 Å². The first-order chi connectivity index (χ1) is 6.16. The molecule has 6 heteroatoms. The molecular weight excluding hydrogens is 224 g/mol. The predicted octanol–water partition coefficient (Wildman–Crippen LogP) is 0.324. The normalized spacial score (nSPS) is 28.8. The summed E-state index contributed by atoms with van der Waals surface area (Å²) >= 11 is 0. The molecule has 0 aromatic carbocycles. The van der Waals surface area contributed by atoms with Crippen LogP contribution in [0.2, 0.25) is 0 Å². The van der Waals surface area contributed by atoms with Crippen LogP contribution in [0.15, 0.2) is 0 Å². The lowest BCUT2D eigenvalue weighted by Crippen LogP contribution is -2.41. The molecule has 2 rings (SSSR count). The van der Waals surface area contributed by atoms with Crippen LogP contribution in [0.1, 0.15) is 25.7 Å². The molecule has 1 heterocycles. The van der Waals surface area contributed by atoms with Gasteiger partial charge in [0.25, 0.3) is 0 Å². The molecule has 4 nitrogen and oxygen atoms in total. The van der Waals surface area contributed by atoms with Gasteiger partial charge in [-0.25, -0.2) is 8.42 Å². The Bertz CT molecular complexity index is 290. The zero-order valence-electron chi connectivity index (χ0n) is 8.05. The highest BCUT2D eigenvalue weighted by Gasteiger charge is 2.43. The molecule has 84 valence electrons. The second kappa shape index (κ2) is 4.35. The molecule has 0 aromatic heterocycles. The number of rotatable bonds is 3. The van der Waals surface area contributed by atoms with Gasteiger partial charge in [-0.3, -0.25) is 0 Å².